The predicted molar refractivity (Wildman–Crippen MR) is 98.1 cm³/mol. The maximum Gasteiger partial charge on any atom is 0.161 e. The van der Waals surface area contributed by atoms with Crippen LogP contribution in [0.5, 0.6) is 11.5 Å². The lowest BCUT2D eigenvalue weighted by Gasteiger charge is -2.06. The van der Waals surface area contributed by atoms with Crippen molar-refractivity contribution in [1.82, 2.24) is 0 Å². The van der Waals surface area contributed by atoms with Crippen LogP contribution in [0.3, 0.4) is 0 Å². The summed E-state index contributed by atoms with van der Waals surface area (Å²) in [7, 11) is 1.52. The van der Waals surface area contributed by atoms with Gasteiger partial charge in [-0.15, -0.1) is 0 Å². The third-order valence-corrected chi connectivity index (χ3v) is 3.50. The SMILES string of the molecule is COc1cc(C=Nc2ccc(Nc3ccccc3)cc2)ccc1O. The number of methoxy groups -OCH3 is 1. The lowest BCUT2D eigenvalue weighted by molar-refractivity contribution is 0.373. The molecule has 3 aromatic rings. The fourth-order valence-electron chi connectivity index (χ4n) is 2.24. The van der Waals surface area contributed by atoms with Crippen LogP contribution in [-0.4, -0.2) is 18.4 Å². The summed E-state index contributed by atoms with van der Waals surface area (Å²) in [5, 5.41) is 12.9. The first kappa shape index (κ1) is 15.6. The minimum Gasteiger partial charge on any atom is -0.504 e. The third kappa shape index (κ3) is 3.93. The second kappa shape index (κ2) is 7.33. The van der Waals surface area contributed by atoms with E-state index in [2.05, 4.69) is 10.3 Å². The Labute approximate surface area is 141 Å². The van der Waals surface area contributed by atoms with Gasteiger partial charge >= 0.3 is 0 Å². The van der Waals surface area contributed by atoms with E-state index >= 15 is 0 Å². The van der Waals surface area contributed by atoms with Crippen molar-refractivity contribution in [2.24, 2.45) is 4.99 Å². The zero-order chi connectivity index (χ0) is 16.8. The van der Waals surface area contributed by atoms with Crippen molar-refractivity contribution in [2.45, 2.75) is 0 Å². The number of ether oxygens (including phenoxy) is 1. The summed E-state index contributed by atoms with van der Waals surface area (Å²) in [6.07, 6.45) is 1.74. The number of nitrogens with one attached hydrogen (secondary N) is 1. The van der Waals surface area contributed by atoms with Gasteiger partial charge in [0.05, 0.1) is 12.8 Å². The predicted octanol–water partition coefficient (Wildman–Crippen LogP) is 4.90. The first-order valence-corrected chi connectivity index (χ1v) is 7.58. The molecule has 0 aromatic heterocycles. The van der Waals surface area contributed by atoms with E-state index in [1.54, 1.807) is 24.4 Å². The van der Waals surface area contributed by atoms with Crippen LogP contribution in [0.2, 0.25) is 0 Å². The van der Waals surface area contributed by atoms with Crippen molar-refractivity contribution >= 4 is 23.3 Å². The number of hydrogen-bond acceptors (Lipinski definition) is 4. The molecular formula is C20H18N2O2. The lowest BCUT2D eigenvalue weighted by Crippen LogP contribution is -1.88. The zero-order valence-electron chi connectivity index (χ0n) is 13.3. The Kier molecular flexibility index (Phi) is 4.77. The molecule has 0 atom stereocenters. The Bertz CT molecular complexity index is 828. The smallest absolute Gasteiger partial charge is 0.161 e. The Morgan fingerprint density at radius 3 is 2.33 bits per heavy atom. The molecule has 4 nitrogen and oxygen atoms in total. The highest BCUT2D eigenvalue weighted by Gasteiger charge is 2.01. The molecule has 0 saturated heterocycles. The van der Waals surface area contributed by atoms with Gasteiger partial charge in [-0.25, -0.2) is 0 Å². The van der Waals surface area contributed by atoms with E-state index in [4.69, 9.17) is 4.74 Å². The van der Waals surface area contributed by atoms with Crippen LogP contribution in [0.15, 0.2) is 77.8 Å². The van der Waals surface area contributed by atoms with E-state index in [0.717, 1.165) is 22.6 Å². The minimum atomic E-state index is 0.117. The molecule has 0 spiro atoms. The van der Waals surface area contributed by atoms with Crippen molar-refractivity contribution < 1.29 is 9.84 Å². The number of phenolic OH excluding ortho intramolecular Hbond substituents is 1. The molecule has 3 rings (SSSR count). The van der Waals surface area contributed by atoms with Gasteiger partial charge in [-0.2, -0.15) is 0 Å². The highest BCUT2D eigenvalue weighted by molar-refractivity contribution is 5.83. The van der Waals surface area contributed by atoms with Crippen molar-refractivity contribution in [3.8, 4) is 11.5 Å². The molecule has 0 aliphatic rings. The number of benzene rings is 3. The number of phenols is 1. The van der Waals surface area contributed by atoms with Gasteiger partial charge < -0.3 is 15.2 Å². The van der Waals surface area contributed by atoms with Crippen molar-refractivity contribution in [3.05, 3.63) is 78.4 Å². The molecule has 0 fully saturated rings. The van der Waals surface area contributed by atoms with Crippen LogP contribution in [0.1, 0.15) is 5.56 Å². The number of para-hydroxylation sites is 1. The van der Waals surface area contributed by atoms with Gasteiger partial charge in [0, 0.05) is 17.6 Å². The molecule has 120 valence electrons. The van der Waals surface area contributed by atoms with Gasteiger partial charge in [-0.3, -0.25) is 4.99 Å². The van der Waals surface area contributed by atoms with Gasteiger partial charge in [0.15, 0.2) is 11.5 Å². The summed E-state index contributed by atoms with van der Waals surface area (Å²) in [5.74, 6) is 0.548. The maximum atomic E-state index is 9.60. The second-order valence-corrected chi connectivity index (χ2v) is 5.23. The van der Waals surface area contributed by atoms with Crippen LogP contribution in [0.25, 0.3) is 0 Å². The number of nitrogens with zero attached hydrogens (tertiary/aromatic N) is 1. The highest BCUT2D eigenvalue weighted by atomic mass is 16.5. The van der Waals surface area contributed by atoms with Crippen LogP contribution in [0.4, 0.5) is 17.1 Å². The minimum absolute atomic E-state index is 0.117. The molecule has 0 radical (unpaired) electrons. The average Bonchev–Trinajstić information content (AvgIpc) is 2.63. The Hall–Kier alpha value is -3.27. The van der Waals surface area contributed by atoms with Gasteiger partial charge in [0.25, 0.3) is 0 Å². The number of anilines is 2. The number of rotatable bonds is 5. The van der Waals surface area contributed by atoms with Crippen molar-refractivity contribution in [1.29, 1.82) is 0 Å². The molecule has 24 heavy (non-hydrogen) atoms. The van der Waals surface area contributed by atoms with Crippen LogP contribution in [0, 0.1) is 0 Å². The Morgan fingerprint density at radius 2 is 1.62 bits per heavy atom. The maximum absolute atomic E-state index is 9.60. The fourth-order valence-corrected chi connectivity index (χ4v) is 2.24. The van der Waals surface area contributed by atoms with E-state index < -0.39 is 0 Å². The lowest BCUT2D eigenvalue weighted by atomic mass is 10.2. The molecule has 0 heterocycles. The van der Waals surface area contributed by atoms with Crippen LogP contribution < -0.4 is 10.1 Å². The van der Waals surface area contributed by atoms with E-state index in [1.807, 2.05) is 54.6 Å². The van der Waals surface area contributed by atoms with Gasteiger partial charge in [0.1, 0.15) is 0 Å². The summed E-state index contributed by atoms with van der Waals surface area (Å²) >= 11 is 0. The zero-order valence-corrected chi connectivity index (χ0v) is 13.3. The largest absolute Gasteiger partial charge is 0.504 e. The molecule has 0 amide bonds. The van der Waals surface area contributed by atoms with E-state index in [9.17, 15) is 5.11 Å². The number of aliphatic imine (C=N–C) groups is 1. The van der Waals surface area contributed by atoms with Gasteiger partial charge in [-0.1, -0.05) is 18.2 Å². The second-order valence-electron chi connectivity index (χ2n) is 5.23. The van der Waals surface area contributed by atoms with Crippen molar-refractivity contribution in [3.63, 3.8) is 0 Å². The monoisotopic (exact) mass is 318 g/mol. The number of aromatic hydroxyl groups is 1. The normalized spacial score (nSPS) is 10.7. The summed E-state index contributed by atoms with van der Waals surface area (Å²) in [4.78, 5) is 4.44. The molecule has 0 saturated carbocycles. The van der Waals surface area contributed by atoms with E-state index in [1.165, 1.54) is 7.11 Å². The quantitative estimate of drug-likeness (QED) is 0.658. The molecule has 3 aromatic carbocycles. The summed E-state index contributed by atoms with van der Waals surface area (Å²) in [5.41, 5.74) is 3.76. The fraction of sp³-hybridized carbons (Fsp3) is 0.0500. The topological polar surface area (TPSA) is 53.8 Å². The molecule has 0 aliphatic carbocycles. The third-order valence-electron chi connectivity index (χ3n) is 3.50. The molecule has 4 heteroatoms. The van der Waals surface area contributed by atoms with Crippen molar-refractivity contribution in [2.75, 3.05) is 12.4 Å². The van der Waals surface area contributed by atoms with Gasteiger partial charge in [0.2, 0.25) is 0 Å². The standard InChI is InChI=1S/C20H18N2O2/c1-24-20-13-15(7-12-19(20)23)14-21-16-8-10-18(11-9-16)22-17-5-3-2-4-6-17/h2-14,22-23H,1H3. The summed E-state index contributed by atoms with van der Waals surface area (Å²) in [6, 6.07) is 23.0. The van der Waals surface area contributed by atoms with Gasteiger partial charge in [-0.05, 0) is 60.2 Å². The van der Waals surface area contributed by atoms with E-state index in [0.29, 0.717) is 5.75 Å². The molecular weight excluding hydrogens is 300 g/mol. The van der Waals surface area contributed by atoms with E-state index in [-0.39, 0.29) is 5.75 Å². The summed E-state index contributed by atoms with van der Waals surface area (Å²) in [6.45, 7) is 0. The Balaban J connectivity index is 1.70. The molecule has 0 aliphatic heterocycles. The summed E-state index contributed by atoms with van der Waals surface area (Å²) < 4.78 is 5.09. The van der Waals surface area contributed by atoms with Crippen LogP contribution in [-0.2, 0) is 0 Å². The average molecular weight is 318 g/mol. The highest BCUT2D eigenvalue weighted by Crippen LogP contribution is 2.26. The first-order chi connectivity index (χ1) is 11.7. The Morgan fingerprint density at radius 1 is 0.917 bits per heavy atom. The molecule has 2 N–H and O–H groups in total. The van der Waals surface area contributed by atoms with Crippen LogP contribution >= 0.6 is 0 Å². The molecule has 0 bridgehead atoms. The number of hydrogen-bond donors (Lipinski definition) is 2. The first-order valence-electron chi connectivity index (χ1n) is 7.58. The molecule has 0 unspecified atom stereocenters.